The molecule has 0 radical (unpaired) electrons. The highest BCUT2D eigenvalue weighted by molar-refractivity contribution is 5.83. The number of hydrogen-bond donors (Lipinski definition) is 0. The zero-order valence-corrected chi connectivity index (χ0v) is 11.9. The molecule has 4 heteroatoms. The number of ether oxygens (including phenoxy) is 1. The Hall–Kier alpha value is -1.06. The maximum Gasteiger partial charge on any atom is 0.410 e. The first-order chi connectivity index (χ1) is 7.61. The number of carbonyl (C=O) groups excluding carboxylic acids is 2. The highest BCUT2D eigenvalue weighted by Gasteiger charge is 2.20. The quantitative estimate of drug-likeness (QED) is 0.746. The van der Waals surface area contributed by atoms with Crippen LogP contribution in [-0.4, -0.2) is 36.0 Å². The van der Waals surface area contributed by atoms with Crippen molar-refractivity contribution >= 4 is 11.9 Å². The maximum atomic E-state index is 11.6. The van der Waals surface area contributed by atoms with E-state index in [1.54, 1.807) is 27.8 Å². The summed E-state index contributed by atoms with van der Waals surface area (Å²) in [4.78, 5) is 24.5. The van der Waals surface area contributed by atoms with Crippen molar-refractivity contribution in [2.75, 3.05) is 13.6 Å². The van der Waals surface area contributed by atoms with Gasteiger partial charge in [0.1, 0.15) is 5.60 Å². The Kier molecular flexibility index (Phi) is 6.21. The number of rotatable bonds is 5. The van der Waals surface area contributed by atoms with Crippen LogP contribution in [0, 0.1) is 5.92 Å². The van der Waals surface area contributed by atoms with Crippen LogP contribution in [0.4, 0.5) is 4.79 Å². The van der Waals surface area contributed by atoms with Gasteiger partial charge in [0, 0.05) is 13.5 Å². The molecule has 0 atom stereocenters. The van der Waals surface area contributed by atoms with Crippen molar-refractivity contribution in [3.63, 3.8) is 0 Å². The smallest absolute Gasteiger partial charge is 0.410 e. The van der Waals surface area contributed by atoms with Crippen LogP contribution in [0.15, 0.2) is 0 Å². The average molecular weight is 243 g/mol. The molecule has 0 aromatic rings. The first-order valence-electron chi connectivity index (χ1n) is 6.07. The monoisotopic (exact) mass is 243 g/mol. The Morgan fingerprint density at radius 1 is 1.24 bits per heavy atom. The lowest BCUT2D eigenvalue weighted by atomic mass is 10.1. The number of likely N-dealkylation sites (N-methyl/N-ethyl adjacent to an activating group) is 1. The number of hydrogen-bond acceptors (Lipinski definition) is 3. The lowest BCUT2D eigenvalue weighted by Gasteiger charge is -2.24. The van der Waals surface area contributed by atoms with Gasteiger partial charge in [-0.25, -0.2) is 4.79 Å². The van der Waals surface area contributed by atoms with Gasteiger partial charge in [-0.05, 0) is 33.1 Å². The Balaban J connectivity index is 4.04. The molecule has 0 heterocycles. The number of nitrogens with zero attached hydrogens (tertiary/aromatic N) is 1. The molecule has 0 aromatic heterocycles. The van der Waals surface area contributed by atoms with Crippen LogP contribution in [-0.2, 0) is 9.53 Å². The summed E-state index contributed by atoms with van der Waals surface area (Å²) < 4.78 is 5.16. The van der Waals surface area contributed by atoms with Gasteiger partial charge in [0.15, 0.2) is 5.78 Å². The van der Waals surface area contributed by atoms with Gasteiger partial charge in [0.05, 0.1) is 6.54 Å². The molecule has 0 aliphatic rings. The predicted molar refractivity (Wildman–Crippen MR) is 67.9 cm³/mol. The van der Waals surface area contributed by atoms with E-state index in [0.717, 1.165) is 6.42 Å². The van der Waals surface area contributed by atoms with Crippen molar-refractivity contribution in [1.29, 1.82) is 0 Å². The third kappa shape index (κ3) is 8.72. The highest BCUT2D eigenvalue weighted by Crippen LogP contribution is 2.10. The lowest BCUT2D eigenvalue weighted by Crippen LogP contribution is -2.37. The van der Waals surface area contributed by atoms with E-state index < -0.39 is 11.7 Å². The second-order valence-corrected chi connectivity index (χ2v) is 5.81. The normalized spacial score (nSPS) is 11.5. The minimum Gasteiger partial charge on any atom is -0.444 e. The van der Waals surface area contributed by atoms with Crippen LogP contribution in [0.2, 0.25) is 0 Å². The Morgan fingerprint density at radius 2 is 1.76 bits per heavy atom. The summed E-state index contributed by atoms with van der Waals surface area (Å²) in [5.41, 5.74) is -0.522. The second-order valence-electron chi connectivity index (χ2n) is 5.81. The van der Waals surface area contributed by atoms with Crippen molar-refractivity contribution in [2.24, 2.45) is 5.92 Å². The Labute approximate surface area is 104 Å². The third-order valence-electron chi connectivity index (χ3n) is 2.12. The van der Waals surface area contributed by atoms with E-state index in [1.807, 2.05) is 0 Å². The van der Waals surface area contributed by atoms with Gasteiger partial charge in [-0.2, -0.15) is 0 Å². The molecule has 0 bridgehead atoms. The number of amides is 1. The maximum absolute atomic E-state index is 11.6. The van der Waals surface area contributed by atoms with Crippen LogP contribution in [0.3, 0.4) is 0 Å². The summed E-state index contributed by atoms with van der Waals surface area (Å²) in [5.74, 6) is 0.581. The van der Waals surface area contributed by atoms with Gasteiger partial charge in [-0.15, -0.1) is 0 Å². The van der Waals surface area contributed by atoms with E-state index in [9.17, 15) is 9.59 Å². The molecule has 0 rings (SSSR count). The van der Waals surface area contributed by atoms with E-state index in [2.05, 4.69) is 13.8 Å². The van der Waals surface area contributed by atoms with E-state index in [-0.39, 0.29) is 12.3 Å². The van der Waals surface area contributed by atoms with Crippen molar-refractivity contribution in [3.8, 4) is 0 Å². The Morgan fingerprint density at radius 3 is 2.18 bits per heavy atom. The molecule has 0 saturated carbocycles. The van der Waals surface area contributed by atoms with E-state index in [0.29, 0.717) is 12.3 Å². The largest absolute Gasteiger partial charge is 0.444 e. The topological polar surface area (TPSA) is 46.6 Å². The van der Waals surface area contributed by atoms with Gasteiger partial charge in [-0.1, -0.05) is 13.8 Å². The minimum atomic E-state index is -0.522. The van der Waals surface area contributed by atoms with Gasteiger partial charge in [-0.3, -0.25) is 4.79 Å². The highest BCUT2D eigenvalue weighted by atomic mass is 16.6. The standard InChI is InChI=1S/C13H25NO3/c1-10(2)7-8-11(15)9-14(6)12(16)17-13(3,4)5/h10H,7-9H2,1-6H3. The molecule has 0 spiro atoms. The van der Waals surface area contributed by atoms with Crippen LogP contribution in [0.5, 0.6) is 0 Å². The SMILES string of the molecule is CC(C)CCC(=O)CN(C)C(=O)OC(C)(C)C. The van der Waals surface area contributed by atoms with Crippen LogP contribution < -0.4 is 0 Å². The minimum absolute atomic E-state index is 0.0760. The molecule has 0 saturated heterocycles. The molecule has 0 aliphatic heterocycles. The fourth-order valence-electron chi connectivity index (χ4n) is 1.20. The summed E-state index contributed by atoms with van der Waals surface area (Å²) in [6.07, 6.45) is 0.932. The fraction of sp³-hybridized carbons (Fsp3) is 0.846. The summed E-state index contributed by atoms with van der Waals surface area (Å²) in [6, 6.07) is 0. The molecule has 0 aromatic carbocycles. The lowest BCUT2D eigenvalue weighted by molar-refractivity contribution is -0.120. The fourth-order valence-corrected chi connectivity index (χ4v) is 1.20. The summed E-state index contributed by atoms with van der Waals surface area (Å²) >= 11 is 0. The van der Waals surface area contributed by atoms with Crippen molar-refractivity contribution < 1.29 is 14.3 Å². The zero-order valence-electron chi connectivity index (χ0n) is 11.9. The molecule has 1 amide bonds. The van der Waals surface area contributed by atoms with Crippen molar-refractivity contribution in [2.45, 2.75) is 53.1 Å². The van der Waals surface area contributed by atoms with E-state index in [1.165, 1.54) is 4.90 Å². The molecular weight excluding hydrogens is 218 g/mol. The number of Topliss-reactive ketones (excluding diaryl/α,β-unsaturated/α-hetero) is 1. The van der Waals surface area contributed by atoms with Gasteiger partial charge >= 0.3 is 6.09 Å². The molecular formula is C13H25NO3. The predicted octanol–water partition coefficient (Wildman–Crippen LogP) is 2.86. The van der Waals surface area contributed by atoms with Crippen molar-refractivity contribution in [1.82, 2.24) is 4.90 Å². The summed E-state index contributed by atoms with van der Waals surface area (Å²) in [5, 5.41) is 0. The molecule has 0 N–H and O–H groups in total. The summed E-state index contributed by atoms with van der Waals surface area (Å²) in [7, 11) is 1.58. The Bertz CT molecular complexity index is 266. The summed E-state index contributed by atoms with van der Waals surface area (Å²) in [6.45, 7) is 9.69. The molecule has 17 heavy (non-hydrogen) atoms. The van der Waals surface area contributed by atoms with Gasteiger partial charge < -0.3 is 9.64 Å². The van der Waals surface area contributed by atoms with Crippen LogP contribution in [0.25, 0.3) is 0 Å². The van der Waals surface area contributed by atoms with Gasteiger partial charge in [0.2, 0.25) is 0 Å². The second kappa shape index (κ2) is 6.62. The third-order valence-corrected chi connectivity index (χ3v) is 2.12. The first kappa shape index (κ1) is 15.9. The van der Waals surface area contributed by atoms with Crippen molar-refractivity contribution in [3.05, 3.63) is 0 Å². The molecule has 0 aliphatic carbocycles. The number of carbonyl (C=O) groups is 2. The average Bonchev–Trinajstić information content (AvgIpc) is 2.11. The van der Waals surface area contributed by atoms with E-state index in [4.69, 9.17) is 4.74 Å². The zero-order chi connectivity index (χ0) is 13.6. The van der Waals surface area contributed by atoms with Gasteiger partial charge in [0.25, 0.3) is 0 Å². The molecule has 0 unspecified atom stereocenters. The first-order valence-corrected chi connectivity index (χ1v) is 6.07. The van der Waals surface area contributed by atoms with Crippen LogP contribution >= 0.6 is 0 Å². The van der Waals surface area contributed by atoms with E-state index >= 15 is 0 Å². The molecule has 100 valence electrons. The van der Waals surface area contributed by atoms with Crippen LogP contribution in [0.1, 0.15) is 47.5 Å². The number of ketones is 1. The molecule has 4 nitrogen and oxygen atoms in total. The molecule has 0 fully saturated rings.